The number of benzene rings is 1. The molecule has 228 valence electrons. The van der Waals surface area contributed by atoms with E-state index in [2.05, 4.69) is 0 Å². The molecule has 4 rings (SSSR count). The van der Waals surface area contributed by atoms with Crippen LogP contribution in [0, 0.1) is 0 Å². The van der Waals surface area contributed by atoms with E-state index in [1.807, 2.05) is 0 Å². The van der Waals surface area contributed by atoms with Gasteiger partial charge in [-0.2, -0.15) is 34.8 Å². The molecule has 0 amide bonds. The second-order valence-corrected chi connectivity index (χ2v) is 15.0. The summed E-state index contributed by atoms with van der Waals surface area (Å²) in [5, 5.41) is -13.3. The van der Waals surface area contributed by atoms with Crippen molar-refractivity contribution < 1.29 is 47.7 Å². The Hall–Kier alpha value is -1.34. The van der Waals surface area contributed by atoms with Gasteiger partial charge in [0.2, 0.25) is 0 Å². The molecule has 0 atom stereocenters. The smallest absolute Gasteiger partial charge is 0.281 e. The van der Waals surface area contributed by atoms with Gasteiger partial charge in [-0.1, -0.05) is 69.9 Å². The molecule has 3 saturated carbocycles. The van der Waals surface area contributed by atoms with Crippen LogP contribution >= 0.6 is 0 Å². The van der Waals surface area contributed by atoms with E-state index < -0.39 is 53.1 Å². The lowest BCUT2D eigenvalue weighted by molar-refractivity contribution is -0.245. The highest BCUT2D eigenvalue weighted by atomic mass is 32.2. The molecule has 1 aromatic rings. The predicted octanol–water partition coefficient (Wildman–Crippen LogP) is 8.31. The van der Waals surface area contributed by atoms with Crippen LogP contribution in [0.5, 0.6) is 0 Å². The van der Waals surface area contributed by atoms with Crippen molar-refractivity contribution in [1.29, 1.82) is 0 Å². The first-order valence-electron chi connectivity index (χ1n) is 14.1. The highest BCUT2D eigenvalue weighted by Gasteiger charge is 2.82. The van der Waals surface area contributed by atoms with E-state index in [0.717, 1.165) is 50.5 Å². The number of hydrogen-bond donors (Lipinski definition) is 1. The second-order valence-electron chi connectivity index (χ2n) is 11.6. The molecule has 0 heterocycles. The van der Waals surface area contributed by atoms with Crippen molar-refractivity contribution in [1.82, 2.24) is 0 Å². The van der Waals surface area contributed by atoms with Crippen molar-refractivity contribution in [2.24, 2.45) is 0 Å². The van der Waals surface area contributed by atoms with Gasteiger partial charge in [-0.05, 0) is 73.0 Å². The average molecular weight is 619 g/mol. The molecule has 1 aromatic carbocycles. The number of sulfone groups is 1. The molecule has 13 heteroatoms. The van der Waals surface area contributed by atoms with Crippen LogP contribution in [0.25, 0.3) is 0 Å². The third-order valence-corrected chi connectivity index (χ3v) is 11.8. The van der Waals surface area contributed by atoms with Gasteiger partial charge in [-0.25, -0.2) is 8.42 Å². The van der Waals surface area contributed by atoms with E-state index in [1.54, 1.807) is 0 Å². The Bertz CT molecular complexity index is 1240. The summed E-state index contributed by atoms with van der Waals surface area (Å²) in [5.74, 6) is -8.05. The minimum Gasteiger partial charge on any atom is -0.281 e. The molecule has 0 bridgehead atoms. The van der Waals surface area contributed by atoms with Crippen LogP contribution < -0.4 is 0 Å². The van der Waals surface area contributed by atoms with E-state index >= 15 is 8.78 Å². The van der Waals surface area contributed by atoms with Crippen LogP contribution in [0.15, 0.2) is 17.0 Å². The quantitative estimate of drug-likeness (QED) is 0.234. The number of alkyl halides is 6. The van der Waals surface area contributed by atoms with Crippen LogP contribution in [0.4, 0.5) is 26.3 Å². The van der Waals surface area contributed by atoms with Crippen LogP contribution in [-0.4, -0.2) is 37.8 Å². The number of rotatable bonds is 8. The zero-order valence-corrected chi connectivity index (χ0v) is 23.8. The fraction of sp³-hybridized carbons (Fsp3) is 0.778. The standard InChI is InChI=1S/C27H36F6O5S2/c28-25(29,27(32,33)40(36,37)38)26(30,31)39(34,35)24-22(19-12-6-2-7-13-19)16-21(18-10-4-1-5-11-18)17-23(24)20-14-8-3-9-15-20/h16-20H,1-15H2,(H,36,37,38). The summed E-state index contributed by atoms with van der Waals surface area (Å²) in [4.78, 5) is -1.07. The Balaban J connectivity index is 1.99. The van der Waals surface area contributed by atoms with Crippen LogP contribution in [0.1, 0.15) is 131 Å². The first kappa shape index (κ1) is 31.6. The summed E-state index contributed by atoms with van der Waals surface area (Å²) in [6, 6.07) is 3.00. The van der Waals surface area contributed by atoms with Gasteiger partial charge in [0.05, 0.1) is 4.90 Å². The lowest BCUT2D eigenvalue weighted by Gasteiger charge is -2.35. The first-order chi connectivity index (χ1) is 18.5. The molecule has 0 unspecified atom stereocenters. The predicted molar refractivity (Wildman–Crippen MR) is 137 cm³/mol. The third-order valence-electron chi connectivity index (χ3n) is 9.00. The van der Waals surface area contributed by atoms with E-state index in [4.69, 9.17) is 4.55 Å². The molecule has 0 radical (unpaired) electrons. The van der Waals surface area contributed by atoms with Gasteiger partial charge in [0.25, 0.3) is 9.84 Å². The zero-order chi connectivity index (χ0) is 29.6. The van der Waals surface area contributed by atoms with Gasteiger partial charge < -0.3 is 0 Å². The van der Waals surface area contributed by atoms with Gasteiger partial charge >= 0.3 is 26.5 Å². The lowest BCUT2D eigenvalue weighted by Crippen LogP contribution is -2.60. The molecule has 5 nitrogen and oxygen atoms in total. The van der Waals surface area contributed by atoms with Crippen molar-refractivity contribution in [2.75, 3.05) is 0 Å². The second kappa shape index (κ2) is 11.4. The minimum atomic E-state index is -7.10. The van der Waals surface area contributed by atoms with E-state index in [1.165, 1.54) is 12.1 Å². The van der Waals surface area contributed by atoms with Crippen molar-refractivity contribution in [3.05, 3.63) is 28.8 Å². The molecular weight excluding hydrogens is 582 g/mol. The van der Waals surface area contributed by atoms with Gasteiger partial charge in [0.1, 0.15) is 0 Å². The SMILES string of the molecule is O=S(=O)(O)C(F)(F)C(F)(F)C(F)(F)S(=O)(=O)c1c(C2CCCCC2)cc(C2CCCCC2)cc1C1CCCCC1. The fourth-order valence-corrected chi connectivity index (χ4v) is 9.05. The molecule has 3 aliphatic carbocycles. The summed E-state index contributed by atoms with van der Waals surface area (Å²) in [6.07, 6.45) is 10.4. The molecule has 1 N–H and O–H groups in total. The van der Waals surface area contributed by atoms with Gasteiger partial charge in [0, 0.05) is 0 Å². The van der Waals surface area contributed by atoms with Crippen LogP contribution in [0.2, 0.25) is 0 Å². The average Bonchev–Trinajstić information content (AvgIpc) is 2.92. The summed E-state index contributed by atoms with van der Waals surface area (Å²) < 4.78 is 147. The van der Waals surface area contributed by atoms with Gasteiger partial charge in [-0.15, -0.1) is 0 Å². The minimum absolute atomic E-state index is 0.0287. The Morgan fingerprint density at radius 2 is 0.925 bits per heavy atom. The summed E-state index contributed by atoms with van der Waals surface area (Å²) >= 11 is 0. The van der Waals surface area contributed by atoms with E-state index in [0.29, 0.717) is 51.4 Å². The van der Waals surface area contributed by atoms with Crippen molar-refractivity contribution in [2.45, 2.75) is 135 Å². The summed E-state index contributed by atoms with van der Waals surface area (Å²) in [7, 11) is -13.7. The normalized spacial score (nSPS) is 22.0. The van der Waals surface area contributed by atoms with E-state index in [-0.39, 0.29) is 17.0 Å². The topological polar surface area (TPSA) is 88.5 Å². The summed E-state index contributed by atoms with van der Waals surface area (Å²) in [5.41, 5.74) is 0.626. The van der Waals surface area contributed by atoms with Crippen LogP contribution in [-0.2, 0) is 20.0 Å². The molecule has 3 fully saturated rings. The molecular formula is C27H36F6O5S2. The first-order valence-corrected chi connectivity index (χ1v) is 17.0. The highest BCUT2D eigenvalue weighted by Crippen LogP contribution is 2.55. The summed E-state index contributed by atoms with van der Waals surface area (Å²) in [6.45, 7) is 0. The maximum absolute atomic E-state index is 15.4. The molecule has 0 spiro atoms. The maximum atomic E-state index is 15.4. The number of hydrogen-bond acceptors (Lipinski definition) is 4. The molecule has 40 heavy (non-hydrogen) atoms. The zero-order valence-electron chi connectivity index (χ0n) is 22.2. The molecule has 3 aliphatic rings. The Morgan fingerprint density at radius 1 is 0.575 bits per heavy atom. The molecule has 0 saturated heterocycles. The molecule has 0 aliphatic heterocycles. The Labute approximate surface area is 231 Å². The molecule has 0 aromatic heterocycles. The van der Waals surface area contributed by atoms with Crippen molar-refractivity contribution >= 4 is 20.0 Å². The highest BCUT2D eigenvalue weighted by molar-refractivity contribution is 7.92. The monoisotopic (exact) mass is 618 g/mol. The van der Waals surface area contributed by atoms with E-state index in [9.17, 15) is 34.4 Å². The van der Waals surface area contributed by atoms with Gasteiger partial charge in [0.15, 0.2) is 0 Å². The fourth-order valence-electron chi connectivity index (χ4n) is 6.74. The maximum Gasteiger partial charge on any atom is 0.439 e. The largest absolute Gasteiger partial charge is 0.439 e. The Morgan fingerprint density at radius 3 is 1.27 bits per heavy atom. The Kier molecular flexibility index (Phi) is 9.00. The third kappa shape index (κ3) is 5.43. The van der Waals surface area contributed by atoms with Crippen LogP contribution in [0.3, 0.4) is 0 Å². The van der Waals surface area contributed by atoms with Gasteiger partial charge in [-0.3, -0.25) is 4.55 Å². The number of halogens is 6. The van der Waals surface area contributed by atoms with Crippen molar-refractivity contribution in [3.8, 4) is 0 Å². The van der Waals surface area contributed by atoms with Crippen molar-refractivity contribution in [3.63, 3.8) is 0 Å². The lowest BCUT2D eigenvalue weighted by atomic mass is 9.76.